The molecule has 1 aliphatic carbocycles. The number of ether oxygens (including phenoxy) is 2. The van der Waals surface area contributed by atoms with Gasteiger partial charge in [0.05, 0.1) is 23.5 Å². The summed E-state index contributed by atoms with van der Waals surface area (Å²) in [4.78, 5) is 36.9. The van der Waals surface area contributed by atoms with Crippen LogP contribution >= 0.6 is 11.3 Å². The molecule has 178 valence electrons. The van der Waals surface area contributed by atoms with Gasteiger partial charge in [-0.15, -0.1) is 11.3 Å². The van der Waals surface area contributed by atoms with Gasteiger partial charge in [0.15, 0.2) is 6.61 Å². The van der Waals surface area contributed by atoms with Crippen LogP contribution in [0.2, 0.25) is 0 Å². The van der Waals surface area contributed by atoms with Crippen molar-refractivity contribution in [1.29, 1.82) is 0 Å². The first-order valence-corrected chi connectivity index (χ1v) is 12.6. The van der Waals surface area contributed by atoms with Crippen LogP contribution in [-0.4, -0.2) is 46.0 Å². The zero-order chi connectivity index (χ0) is 24.0. The van der Waals surface area contributed by atoms with Crippen molar-refractivity contribution in [2.24, 2.45) is 5.73 Å². The Bertz CT molecular complexity index is 1140. The molecular formula is C21H25N3O7S2. The number of esters is 1. The lowest BCUT2D eigenvalue weighted by Crippen LogP contribution is -2.28. The van der Waals surface area contributed by atoms with E-state index in [1.165, 1.54) is 35.6 Å². The number of hydrogen-bond donors (Lipinski definition) is 3. The summed E-state index contributed by atoms with van der Waals surface area (Å²) < 4.78 is 37.1. The van der Waals surface area contributed by atoms with Gasteiger partial charge in [-0.25, -0.2) is 13.1 Å². The Morgan fingerprint density at radius 3 is 2.55 bits per heavy atom. The zero-order valence-corrected chi connectivity index (χ0v) is 19.6. The fourth-order valence-corrected chi connectivity index (χ4v) is 5.73. The third-order valence-electron chi connectivity index (χ3n) is 4.85. The number of rotatable bonds is 11. The molecule has 1 aromatic heterocycles. The number of nitrogens with two attached hydrogens (primary N) is 1. The number of primary amides is 1. The first-order valence-electron chi connectivity index (χ1n) is 10.3. The lowest BCUT2D eigenvalue weighted by Gasteiger charge is -2.09. The van der Waals surface area contributed by atoms with Crippen LogP contribution in [0.3, 0.4) is 0 Å². The molecule has 1 aliphatic rings. The molecule has 2 aromatic rings. The molecule has 0 saturated carbocycles. The summed E-state index contributed by atoms with van der Waals surface area (Å²) in [5.74, 6) is -1.42. The summed E-state index contributed by atoms with van der Waals surface area (Å²) in [5.41, 5.74) is 6.64. The minimum atomic E-state index is -3.81. The topological polar surface area (TPSA) is 154 Å². The van der Waals surface area contributed by atoms with E-state index >= 15 is 0 Å². The smallest absolute Gasteiger partial charge is 0.307 e. The Hall–Kier alpha value is -2.96. The average molecular weight is 496 g/mol. The molecule has 10 nitrogen and oxygen atoms in total. The van der Waals surface area contributed by atoms with Crippen molar-refractivity contribution in [1.82, 2.24) is 4.72 Å². The Morgan fingerprint density at radius 2 is 1.88 bits per heavy atom. The molecule has 33 heavy (non-hydrogen) atoms. The van der Waals surface area contributed by atoms with Crippen molar-refractivity contribution >= 4 is 44.1 Å². The Balaban J connectivity index is 1.44. The number of nitrogens with one attached hydrogen (secondary N) is 2. The standard InChI is InChI=1S/C21H25N3O7S2/c1-2-30-13-6-8-14(9-7-13)33(28,29)23-11-10-18(26)31-12-17(25)24-21-19(20(22)27)15-4-3-5-16(15)32-21/h6-9,23H,2-5,10-12H2,1H3,(H2,22,27)(H,24,25). The minimum absolute atomic E-state index is 0.0341. The van der Waals surface area contributed by atoms with Crippen molar-refractivity contribution < 1.29 is 32.3 Å². The van der Waals surface area contributed by atoms with E-state index in [-0.39, 0.29) is 17.9 Å². The summed E-state index contributed by atoms with van der Waals surface area (Å²) in [7, 11) is -3.81. The Morgan fingerprint density at radius 1 is 1.15 bits per heavy atom. The number of fused-ring (bicyclic) bond motifs is 1. The van der Waals surface area contributed by atoms with Crippen LogP contribution < -0.4 is 20.5 Å². The van der Waals surface area contributed by atoms with E-state index < -0.39 is 34.4 Å². The zero-order valence-electron chi connectivity index (χ0n) is 18.0. The monoisotopic (exact) mass is 495 g/mol. The quantitative estimate of drug-likeness (QED) is 0.400. The summed E-state index contributed by atoms with van der Waals surface area (Å²) in [6.07, 6.45) is 2.25. The third kappa shape index (κ3) is 6.30. The van der Waals surface area contributed by atoms with Crippen LogP contribution in [0.4, 0.5) is 5.00 Å². The number of thiophene rings is 1. The second kappa shape index (κ2) is 10.8. The maximum absolute atomic E-state index is 12.3. The third-order valence-corrected chi connectivity index (χ3v) is 7.54. The highest BCUT2D eigenvalue weighted by molar-refractivity contribution is 7.89. The van der Waals surface area contributed by atoms with Gasteiger partial charge in [-0.3, -0.25) is 14.4 Å². The van der Waals surface area contributed by atoms with Gasteiger partial charge in [0, 0.05) is 11.4 Å². The van der Waals surface area contributed by atoms with Crippen molar-refractivity contribution in [2.75, 3.05) is 25.1 Å². The molecule has 4 N–H and O–H groups in total. The predicted molar refractivity (Wildman–Crippen MR) is 122 cm³/mol. The average Bonchev–Trinajstić information content (AvgIpc) is 3.33. The maximum Gasteiger partial charge on any atom is 0.307 e. The Labute approximate surface area is 195 Å². The van der Waals surface area contributed by atoms with Gasteiger partial charge < -0.3 is 20.5 Å². The molecule has 3 rings (SSSR count). The van der Waals surface area contributed by atoms with Crippen molar-refractivity contribution in [2.45, 2.75) is 37.5 Å². The number of aryl methyl sites for hydroxylation is 1. The van der Waals surface area contributed by atoms with Crippen LogP contribution in [0.5, 0.6) is 5.75 Å². The van der Waals surface area contributed by atoms with Gasteiger partial charge in [-0.05, 0) is 56.0 Å². The molecule has 12 heteroatoms. The number of benzene rings is 1. The van der Waals surface area contributed by atoms with E-state index in [0.717, 1.165) is 29.7 Å². The fourth-order valence-electron chi connectivity index (χ4n) is 3.39. The second-order valence-electron chi connectivity index (χ2n) is 7.19. The van der Waals surface area contributed by atoms with E-state index in [1.54, 1.807) is 0 Å². The lowest BCUT2D eigenvalue weighted by atomic mass is 10.1. The van der Waals surface area contributed by atoms with Crippen LogP contribution in [0.25, 0.3) is 0 Å². The van der Waals surface area contributed by atoms with Gasteiger partial charge in [0.1, 0.15) is 10.8 Å². The van der Waals surface area contributed by atoms with Crippen LogP contribution in [0, 0.1) is 0 Å². The maximum atomic E-state index is 12.3. The molecule has 1 heterocycles. The minimum Gasteiger partial charge on any atom is -0.494 e. The summed E-state index contributed by atoms with van der Waals surface area (Å²) in [6.45, 7) is 1.53. The number of carbonyl (C=O) groups excluding carboxylic acids is 3. The molecule has 0 fully saturated rings. The SMILES string of the molecule is CCOc1ccc(S(=O)(=O)NCCC(=O)OCC(=O)Nc2sc3c(c2C(N)=O)CCC3)cc1. The normalized spacial score (nSPS) is 12.8. The van der Waals surface area contributed by atoms with Crippen molar-refractivity contribution in [3.8, 4) is 5.75 Å². The number of carbonyl (C=O) groups is 3. The van der Waals surface area contributed by atoms with Crippen LogP contribution in [0.1, 0.15) is 40.6 Å². The van der Waals surface area contributed by atoms with Crippen molar-refractivity contribution in [3.63, 3.8) is 0 Å². The molecule has 2 amide bonds. The highest BCUT2D eigenvalue weighted by Crippen LogP contribution is 2.38. The summed E-state index contributed by atoms with van der Waals surface area (Å²) in [6, 6.07) is 5.88. The molecule has 0 atom stereocenters. The first kappa shape index (κ1) is 24.7. The van der Waals surface area contributed by atoms with E-state index in [4.69, 9.17) is 15.2 Å². The molecule has 0 spiro atoms. The van der Waals surface area contributed by atoms with Gasteiger partial charge in [-0.2, -0.15) is 0 Å². The molecular weight excluding hydrogens is 470 g/mol. The van der Waals surface area contributed by atoms with Gasteiger partial charge in [0.25, 0.3) is 11.8 Å². The number of hydrogen-bond acceptors (Lipinski definition) is 8. The van der Waals surface area contributed by atoms with E-state index in [2.05, 4.69) is 10.0 Å². The fraction of sp³-hybridized carbons (Fsp3) is 0.381. The summed E-state index contributed by atoms with van der Waals surface area (Å²) >= 11 is 1.30. The first-order chi connectivity index (χ1) is 15.7. The molecule has 0 saturated heterocycles. The largest absolute Gasteiger partial charge is 0.494 e. The van der Waals surface area contributed by atoms with E-state index in [0.29, 0.717) is 22.9 Å². The summed E-state index contributed by atoms with van der Waals surface area (Å²) in [5, 5.41) is 2.93. The molecule has 0 unspecified atom stereocenters. The highest BCUT2D eigenvalue weighted by Gasteiger charge is 2.26. The molecule has 0 radical (unpaired) electrons. The van der Waals surface area contributed by atoms with E-state index in [1.807, 2.05) is 6.92 Å². The number of anilines is 1. The number of sulfonamides is 1. The van der Waals surface area contributed by atoms with Crippen molar-refractivity contribution in [3.05, 3.63) is 40.3 Å². The lowest BCUT2D eigenvalue weighted by molar-refractivity contribution is -0.147. The van der Waals surface area contributed by atoms with Gasteiger partial charge in [0.2, 0.25) is 10.0 Å². The van der Waals surface area contributed by atoms with E-state index in [9.17, 15) is 22.8 Å². The molecule has 0 aliphatic heterocycles. The van der Waals surface area contributed by atoms with Crippen LogP contribution in [0.15, 0.2) is 29.2 Å². The van der Waals surface area contributed by atoms with Gasteiger partial charge >= 0.3 is 5.97 Å². The number of amides is 2. The Kier molecular flexibility index (Phi) is 8.06. The van der Waals surface area contributed by atoms with Gasteiger partial charge in [-0.1, -0.05) is 0 Å². The molecule has 1 aromatic carbocycles. The van der Waals surface area contributed by atoms with Crippen LogP contribution in [-0.2, 0) is 37.2 Å². The predicted octanol–water partition coefficient (Wildman–Crippen LogP) is 1.58. The highest BCUT2D eigenvalue weighted by atomic mass is 32.2. The second-order valence-corrected chi connectivity index (χ2v) is 10.1. The molecule has 0 bridgehead atoms.